The molecular formula is C35H64N6O9Si3. The maximum Gasteiger partial charge on any atom is 0.225 e. The van der Waals surface area contributed by atoms with Gasteiger partial charge in [0.1, 0.15) is 49.3 Å². The van der Waals surface area contributed by atoms with E-state index in [9.17, 15) is 15.0 Å². The fraction of sp³-hybridized carbons (Fsp3) is 0.800. The molecule has 0 bridgehead atoms. The van der Waals surface area contributed by atoms with Gasteiger partial charge >= 0.3 is 0 Å². The van der Waals surface area contributed by atoms with E-state index in [0.29, 0.717) is 12.9 Å². The molecule has 2 aromatic heterocycles. The lowest BCUT2D eigenvalue weighted by atomic mass is 10.1. The second kappa shape index (κ2) is 16.5. The smallest absolute Gasteiger partial charge is 0.225 e. The summed E-state index contributed by atoms with van der Waals surface area (Å²) in [7, 11) is -6.48. The fourth-order valence-electron chi connectivity index (χ4n) is 4.89. The van der Waals surface area contributed by atoms with E-state index in [1.807, 2.05) is 0 Å². The molecule has 4 heterocycles. The largest absolute Gasteiger partial charge is 0.414 e. The van der Waals surface area contributed by atoms with Gasteiger partial charge in [-0.2, -0.15) is 0 Å². The summed E-state index contributed by atoms with van der Waals surface area (Å²) in [6.07, 6.45) is 2.88. The van der Waals surface area contributed by atoms with Crippen molar-refractivity contribution in [3.05, 3.63) is 24.3 Å². The normalized spacial score (nSPS) is 27.3. The van der Waals surface area contributed by atoms with Crippen molar-refractivity contribution in [1.29, 1.82) is 0 Å². The van der Waals surface area contributed by atoms with Gasteiger partial charge in [0.05, 0.1) is 13.2 Å². The van der Waals surface area contributed by atoms with Gasteiger partial charge in [-0.1, -0.05) is 62.3 Å². The van der Waals surface area contributed by atoms with Crippen molar-refractivity contribution in [1.82, 2.24) is 29.5 Å². The molecular weight excluding hydrogens is 733 g/mol. The minimum Gasteiger partial charge on any atom is -0.414 e. The van der Waals surface area contributed by atoms with Crippen molar-refractivity contribution in [2.45, 2.75) is 166 Å². The number of terminal acetylenes is 1. The molecule has 2 saturated heterocycles. The van der Waals surface area contributed by atoms with Crippen LogP contribution in [0.2, 0.25) is 54.4 Å². The average Bonchev–Trinajstić information content (AvgIpc) is 3.82. The molecule has 18 heteroatoms. The van der Waals surface area contributed by atoms with Crippen LogP contribution < -0.4 is 0 Å². The molecule has 4 rings (SSSR count). The molecule has 15 nitrogen and oxygen atoms in total. The van der Waals surface area contributed by atoms with E-state index in [1.54, 1.807) is 11.0 Å². The summed E-state index contributed by atoms with van der Waals surface area (Å²) in [5.41, 5.74) is 0. The van der Waals surface area contributed by atoms with E-state index in [-0.39, 0.29) is 45.6 Å². The summed E-state index contributed by atoms with van der Waals surface area (Å²) < 4.78 is 35.6. The molecule has 2 fully saturated rings. The first-order chi connectivity index (χ1) is 24.1. The second-order valence-corrected chi connectivity index (χ2v) is 32.8. The minimum atomic E-state index is -2.24. The fourth-order valence-corrected chi connectivity index (χ4v) is 8.51. The van der Waals surface area contributed by atoms with Gasteiger partial charge in [-0.3, -0.25) is 4.79 Å². The van der Waals surface area contributed by atoms with Crippen molar-refractivity contribution < 1.29 is 42.9 Å². The van der Waals surface area contributed by atoms with Crippen LogP contribution in [0.25, 0.3) is 0 Å². The molecule has 0 saturated carbocycles. The molecule has 2 aromatic rings. The van der Waals surface area contributed by atoms with Crippen LogP contribution in [0.5, 0.6) is 0 Å². The number of hydrogen-bond acceptors (Lipinski definition) is 13. The molecule has 2 aliphatic rings. The Bertz CT molecular complexity index is 1560. The predicted octanol–water partition coefficient (Wildman–Crippen LogP) is 4.66. The van der Waals surface area contributed by atoms with Crippen molar-refractivity contribution in [3.8, 4) is 12.3 Å². The maximum absolute atomic E-state index is 11.4. The molecule has 8 atom stereocenters. The molecule has 0 amide bonds. The van der Waals surface area contributed by atoms with Gasteiger partial charge in [-0.05, 0) is 60.3 Å². The van der Waals surface area contributed by atoms with E-state index in [0.717, 1.165) is 0 Å². The molecule has 3 N–H and O–H groups in total. The highest BCUT2D eigenvalue weighted by atomic mass is 28.4. The van der Waals surface area contributed by atoms with Crippen LogP contribution in [-0.2, 0) is 22.8 Å². The Morgan fingerprint density at radius 2 is 1.26 bits per heavy atom. The Labute approximate surface area is 318 Å². The highest BCUT2D eigenvalue weighted by Gasteiger charge is 2.55. The van der Waals surface area contributed by atoms with Crippen molar-refractivity contribution in [2.24, 2.45) is 0 Å². The quantitative estimate of drug-likeness (QED) is 0.162. The van der Waals surface area contributed by atoms with E-state index in [1.165, 1.54) is 11.0 Å². The molecule has 2 aliphatic heterocycles. The first-order valence-electron chi connectivity index (χ1n) is 18.1. The second-order valence-electron chi connectivity index (χ2n) is 18.4. The molecule has 53 heavy (non-hydrogen) atoms. The number of rotatable bonds is 11. The summed E-state index contributed by atoms with van der Waals surface area (Å²) >= 11 is 0. The number of nitrogens with zero attached hydrogens (tertiary/aromatic N) is 6. The molecule has 300 valence electrons. The number of aromatic nitrogens is 6. The monoisotopic (exact) mass is 796 g/mol. The first-order valence-corrected chi connectivity index (χ1v) is 26.8. The van der Waals surface area contributed by atoms with Crippen LogP contribution in [0.1, 0.15) is 91.2 Å². The number of carbonyl (C=O) groups is 1. The van der Waals surface area contributed by atoms with Gasteiger partial charge in [0.15, 0.2) is 43.7 Å². The molecule has 2 unspecified atom stereocenters. The van der Waals surface area contributed by atoms with Gasteiger partial charge in [0.2, 0.25) is 11.6 Å². The Morgan fingerprint density at radius 1 is 0.774 bits per heavy atom. The zero-order chi connectivity index (χ0) is 40.5. The van der Waals surface area contributed by atoms with E-state index in [2.05, 4.69) is 128 Å². The zero-order valence-corrected chi connectivity index (χ0v) is 37.3. The lowest BCUT2D eigenvalue weighted by molar-refractivity contribution is -0.0588. The standard InChI is InChI=1S/C26H53N3O5Si3.C9H11N3O4/c1-24(2,3)35(10,11)31-17-19-21(33-36(12,13)25(4,5)6)22(34-37(14,15)26(7,8)9)23(32-19)29-18-27-20(16-30)28-29;1-2-6-10-4-12(11-6)9-8(15)7(14)5(3-13)16-9/h16,18-19,21-23H,17H2,1-15H3;1,4-5,7-9,13-15H,3H2/t19-,21?,22+,23-;5-,7?,8+,9-/m11/s1. The molecule has 0 aliphatic carbocycles. The van der Waals surface area contributed by atoms with Crippen molar-refractivity contribution >= 4 is 31.2 Å². The third kappa shape index (κ3) is 10.4. The van der Waals surface area contributed by atoms with Gasteiger partial charge in [-0.25, -0.2) is 19.3 Å². The van der Waals surface area contributed by atoms with E-state index >= 15 is 0 Å². The van der Waals surface area contributed by atoms with E-state index in [4.69, 9.17) is 34.3 Å². The summed E-state index contributed by atoms with van der Waals surface area (Å²) in [4.78, 5) is 19.3. The van der Waals surface area contributed by atoms with Gasteiger partial charge in [0.25, 0.3) is 0 Å². The Kier molecular flexibility index (Phi) is 14.1. The Hall–Kier alpha value is -2.16. The summed E-state index contributed by atoms with van der Waals surface area (Å²) in [5.74, 6) is 2.52. The van der Waals surface area contributed by atoms with E-state index < -0.39 is 61.8 Å². The van der Waals surface area contributed by atoms with Gasteiger partial charge < -0.3 is 38.1 Å². The SMILES string of the molecule is C#Cc1ncn([C@@H]2O[C@H](CO)C(O)[C@@H]2O)n1.CC(C)(C)[Si](C)(C)OC[C@H]1O[C@@H](n2cnc(C=O)n2)[C@@H](O[Si](C)(C)C(C)(C)C)C1O[Si](C)(C)C(C)(C)C. The lowest BCUT2D eigenvalue weighted by Crippen LogP contribution is -2.54. The van der Waals surface area contributed by atoms with Crippen LogP contribution in [0.15, 0.2) is 12.7 Å². The molecule has 0 spiro atoms. The molecule has 0 radical (unpaired) electrons. The first kappa shape index (κ1) is 45.2. The topological polar surface area (TPSA) is 185 Å². The number of aliphatic hydroxyl groups excluding tert-OH is 3. The van der Waals surface area contributed by atoms with Gasteiger partial charge in [-0.15, -0.1) is 16.6 Å². The summed E-state index contributed by atoms with van der Waals surface area (Å²) in [6, 6.07) is 0. The van der Waals surface area contributed by atoms with Crippen molar-refractivity contribution in [2.75, 3.05) is 13.2 Å². The average molecular weight is 797 g/mol. The summed E-state index contributed by atoms with van der Waals surface area (Å²) in [5, 5.41) is 36.4. The van der Waals surface area contributed by atoms with Crippen LogP contribution >= 0.6 is 0 Å². The van der Waals surface area contributed by atoms with Crippen LogP contribution in [0.4, 0.5) is 0 Å². The highest BCUT2D eigenvalue weighted by molar-refractivity contribution is 6.75. The third-order valence-electron chi connectivity index (χ3n) is 11.5. The number of carbonyl (C=O) groups excluding carboxylic acids is 1. The van der Waals surface area contributed by atoms with Crippen molar-refractivity contribution in [3.63, 3.8) is 0 Å². The number of ether oxygens (including phenoxy) is 2. The Balaban J connectivity index is 0.000000390. The predicted molar refractivity (Wildman–Crippen MR) is 208 cm³/mol. The number of aliphatic hydroxyl groups is 3. The Morgan fingerprint density at radius 3 is 1.70 bits per heavy atom. The highest BCUT2D eigenvalue weighted by Crippen LogP contribution is 2.46. The molecule has 0 aromatic carbocycles. The zero-order valence-electron chi connectivity index (χ0n) is 34.3. The maximum atomic E-state index is 11.4. The summed E-state index contributed by atoms with van der Waals surface area (Å²) in [6.45, 7) is 33.7. The van der Waals surface area contributed by atoms with Crippen LogP contribution in [0.3, 0.4) is 0 Å². The number of hydrogen-bond donors (Lipinski definition) is 3. The number of aldehydes is 1. The minimum absolute atomic E-state index is 0.00881. The third-order valence-corrected chi connectivity index (χ3v) is 24.9. The van der Waals surface area contributed by atoms with Crippen LogP contribution in [0, 0.1) is 12.3 Å². The van der Waals surface area contributed by atoms with Gasteiger partial charge in [0, 0.05) is 0 Å². The lowest BCUT2D eigenvalue weighted by Gasteiger charge is -2.44. The van der Waals surface area contributed by atoms with Crippen LogP contribution in [-0.4, -0.2) is 126 Å².